The van der Waals surface area contributed by atoms with Crippen LogP contribution in [0.4, 0.5) is 0 Å². The highest BCUT2D eigenvalue weighted by Crippen LogP contribution is 2.22. The monoisotopic (exact) mass is 299 g/mol. The van der Waals surface area contributed by atoms with Crippen molar-refractivity contribution in [3.05, 3.63) is 64.8 Å². The lowest BCUT2D eigenvalue weighted by Gasteiger charge is -2.05. The number of aromatic nitrogens is 2. The maximum Gasteiger partial charge on any atom is 0.0841 e. The van der Waals surface area contributed by atoms with Gasteiger partial charge in [-0.15, -0.1) is 0 Å². The summed E-state index contributed by atoms with van der Waals surface area (Å²) in [5, 5.41) is 10.1. The molecule has 0 aliphatic heterocycles. The molecule has 0 bridgehead atoms. The van der Waals surface area contributed by atoms with E-state index in [2.05, 4.69) is 30.4 Å². The second-order valence-electron chi connectivity index (χ2n) is 4.99. The highest BCUT2D eigenvalue weighted by atomic mass is 35.5. The first-order valence-electron chi connectivity index (χ1n) is 7.18. The van der Waals surface area contributed by atoms with E-state index >= 15 is 0 Å². The molecule has 0 saturated heterocycles. The van der Waals surface area contributed by atoms with Crippen LogP contribution in [0.2, 0.25) is 5.02 Å². The molecule has 4 heteroatoms. The van der Waals surface area contributed by atoms with Crippen LogP contribution in [0.5, 0.6) is 0 Å². The van der Waals surface area contributed by atoms with Gasteiger partial charge in [-0.3, -0.25) is 4.68 Å². The van der Waals surface area contributed by atoms with Crippen LogP contribution in [0.15, 0.2) is 48.5 Å². The average Bonchev–Trinajstić information content (AvgIpc) is 2.86. The van der Waals surface area contributed by atoms with Crippen LogP contribution >= 0.6 is 11.6 Å². The molecule has 1 aromatic heterocycles. The zero-order valence-electron chi connectivity index (χ0n) is 12.0. The van der Waals surface area contributed by atoms with Crippen molar-refractivity contribution in [2.45, 2.75) is 20.0 Å². The fraction of sp³-hybridized carbons (Fsp3) is 0.235. The van der Waals surface area contributed by atoms with Crippen molar-refractivity contribution in [3.8, 4) is 0 Å². The highest BCUT2D eigenvalue weighted by molar-refractivity contribution is 6.31. The van der Waals surface area contributed by atoms with Gasteiger partial charge in [-0.2, -0.15) is 5.10 Å². The van der Waals surface area contributed by atoms with Gasteiger partial charge in [-0.25, -0.2) is 0 Å². The van der Waals surface area contributed by atoms with Crippen molar-refractivity contribution < 1.29 is 0 Å². The van der Waals surface area contributed by atoms with Gasteiger partial charge in [0.15, 0.2) is 0 Å². The van der Waals surface area contributed by atoms with Gasteiger partial charge in [0, 0.05) is 17.0 Å². The molecule has 0 atom stereocenters. The van der Waals surface area contributed by atoms with Crippen LogP contribution in [-0.2, 0) is 13.1 Å². The zero-order chi connectivity index (χ0) is 14.7. The van der Waals surface area contributed by atoms with E-state index in [0.717, 1.165) is 34.9 Å². The van der Waals surface area contributed by atoms with Crippen LogP contribution in [0.3, 0.4) is 0 Å². The maximum absolute atomic E-state index is 6.26. The Morgan fingerprint density at radius 1 is 1.10 bits per heavy atom. The molecule has 0 fully saturated rings. The second kappa shape index (κ2) is 6.29. The molecule has 21 heavy (non-hydrogen) atoms. The molecule has 1 heterocycles. The minimum absolute atomic E-state index is 0.687. The Bertz CT molecular complexity index is 749. The molecule has 0 saturated carbocycles. The third-order valence-electron chi connectivity index (χ3n) is 3.55. The minimum Gasteiger partial charge on any atom is -0.311 e. The normalized spacial score (nSPS) is 11.1. The van der Waals surface area contributed by atoms with Crippen LogP contribution in [-0.4, -0.2) is 16.3 Å². The van der Waals surface area contributed by atoms with E-state index in [1.165, 1.54) is 5.39 Å². The number of para-hydroxylation sites is 1. The minimum atomic E-state index is 0.687. The molecular weight excluding hydrogens is 282 g/mol. The third kappa shape index (κ3) is 2.94. The average molecular weight is 300 g/mol. The van der Waals surface area contributed by atoms with Gasteiger partial charge >= 0.3 is 0 Å². The van der Waals surface area contributed by atoms with Gasteiger partial charge in [-0.1, -0.05) is 54.9 Å². The molecular formula is C17H18ClN3. The smallest absolute Gasteiger partial charge is 0.0841 e. The molecule has 3 rings (SSSR count). The van der Waals surface area contributed by atoms with E-state index < -0.39 is 0 Å². The quantitative estimate of drug-likeness (QED) is 0.775. The summed E-state index contributed by atoms with van der Waals surface area (Å²) in [5.41, 5.74) is 3.31. The van der Waals surface area contributed by atoms with E-state index in [9.17, 15) is 0 Å². The third-order valence-corrected chi connectivity index (χ3v) is 3.92. The Balaban J connectivity index is 2.00. The van der Waals surface area contributed by atoms with E-state index in [1.54, 1.807) is 0 Å². The van der Waals surface area contributed by atoms with Gasteiger partial charge in [0.25, 0.3) is 0 Å². The van der Waals surface area contributed by atoms with Gasteiger partial charge in [0.2, 0.25) is 0 Å². The van der Waals surface area contributed by atoms with Crippen LogP contribution in [0.25, 0.3) is 10.9 Å². The van der Waals surface area contributed by atoms with Gasteiger partial charge in [-0.05, 0) is 24.2 Å². The van der Waals surface area contributed by atoms with Crippen molar-refractivity contribution in [2.24, 2.45) is 0 Å². The van der Waals surface area contributed by atoms with Crippen molar-refractivity contribution in [1.82, 2.24) is 15.1 Å². The van der Waals surface area contributed by atoms with Crippen molar-refractivity contribution in [3.63, 3.8) is 0 Å². The molecule has 3 nitrogen and oxygen atoms in total. The van der Waals surface area contributed by atoms with Crippen molar-refractivity contribution >= 4 is 22.5 Å². The zero-order valence-corrected chi connectivity index (χ0v) is 12.8. The molecule has 0 aliphatic carbocycles. The maximum atomic E-state index is 6.26. The first-order valence-corrected chi connectivity index (χ1v) is 7.56. The Kier molecular flexibility index (Phi) is 4.23. The van der Waals surface area contributed by atoms with Crippen LogP contribution < -0.4 is 5.32 Å². The van der Waals surface area contributed by atoms with E-state index in [1.807, 2.05) is 35.0 Å². The van der Waals surface area contributed by atoms with Crippen LogP contribution in [0, 0.1) is 0 Å². The predicted octanol–water partition coefficient (Wildman–Crippen LogP) is 3.85. The van der Waals surface area contributed by atoms with E-state index in [-0.39, 0.29) is 0 Å². The Labute approximate surface area is 129 Å². The molecule has 0 radical (unpaired) electrons. The van der Waals surface area contributed by atoms with Gasteiger partial charge < -0.3 is 5.32 Å². The fourth-order valence-corrected chi connectivity index (χ4v) is 2.67. The number of fused-ring (bicyclic) bond motifs is 1. The standard InChI is InChI=1S/C17H18ClN3/c1-2-19-11-16-14-8-4-6-10-17(14)21(20-16)12-13-7-3-5-9-15(13)18/h3-10,19H,2,11-12H2,1H3. The Morgan fingerprint density at radius 2 is 1.86 bits per heavy atom. The van der Waals surface area contributed by atoms with Gasteiger partial charge in [0.05, 0.1) is 17.8 Å². The summed E-state index contributed by atoms with van der Waals surface area (Å²) in [6.45, 7) is 4.51. The Hall–Kier alpha value is -1.84. The van der Waals surface area contributed by atoms with Crippen molar-refractivity contribution in [1.29, 1.82) is 0 Å². The molecule has 1 N–H and O–H groups in total. The summed E-state index contributed by atoms with van der Waals surface area (Å²) < 4.78 is 2.03. The molecule has 0 amide bonds. The molecule has 0 spiro atoms. The second-order valence-corrected chi connectivity index (χ2v) is 5.40. The van der Waals surface area contributed by atoms with Gasteiger partial charge in [0.1, 0.15) is 0 Å². The molecule has 0 aliphatic rings. The van der Waals surface area contributed by atoms with Crippen molar-refractivity contribution in [2.75, 3.05) is 6.54 Å². The lowest BCUT2D eigenvalue weighted by molar-refractivity contribution is 0.657. The number of hydrogen-bond acceptors (Lipinski definition) is 2. The summed E-state index contributed by atoms with van der Waals surface area (Å²) in [7, 11) is 0. The number of hydrogen-bond donors (Lipinski definition) is 1. The predicted molar refractivity (Wildman–Crippen MR) is 87.7 cm³/mol. The lowest BCUT2D eigenvalue weighted by Crippen LogP contribution is -2.13. The van der Waals surface area contributed by atoms with Crippen LogP contribution in [0.1, 0.15) is 18.2 Å². The number of nitrogens with zero attached hydrogens (tertiary/aromatic N) is 2. The number of rotatable bonds is 5. The topological polar surface area (TPSA) is 29.9 Å². The fourth-order valence-electron chi connectivity index (χ4n) is 2.48. The first kappa shape index (κ1) is 14.1. The molecule has 3 aromatic rings. The molecule has 2 aromatic carbocycles. The number of nitrogens with one attached hydrogen (secondary N) is 1. The molecule has 108 valence electrons. The Morgan fingerprint density at radius 3 is 2.67 bits per heavy atom. The first-order chi connectivity index (χ1) is 10.3. The lowest BCUT2D eigenvalue weighted by atomic mass is 10.2. The largest absolute Gasteiger partial charge is 0.311 e. The summed E-state index contributed by atoms with van der Waals surface area (Å²) in [6, 6.07) is 16.2. The highest BCUT2D eigenvalue weighted by Gasteiger charge is 2.10. The summed E-state index contributed by atoms with van der Waals surface area (Å²) >= 11 is 6.26. The summed E-state index contributed by atoms with van der Waals surface area (Å²) in [6.07, 6.45) is 0. The SMILES string of the molecule is CCNCc1nn(Cc2ccccc2Cl)c2ccccc12. The summed E-state index contributed by atoms with van der Waals surface area (Å²) in [5.74, 6) is 0. The number of benzene rings is 2. The molecule has 0 unspecified atom stereocenters. The number of halogens is 1. The summed E-state index contributed by atoms with van der Waals surface area (Å²) in [4.78, 5) is 0. The van der Waals surface area contributed by atoms with E-state index in [0.29, 0.717) is 6.54 Å². The van der Waals surface area contributed by atoms with E-state index in [4.69, 9.17) is 16.7 Å².